The van der Waals surface area contributed by atoms with Crippen LogP contribution in [0.15, 0.2) is 36.4 Å². The molecule has 1 fully saturated rings. The Morgan fingerprint density at radius 3 is 2.46 bits per heavy atom. The molecular formula is C18H22N2O3S. The Hall–Kier alpha value is -2.08. The van der Waals surface area contributed by atoms with Crippen LogP contribution in [0.5, 0.6) is 0 Å². The smallest absolute Gasteiger partial charge is 0.255 e. The number of aryl methyl sites for hydroxylation is 1. The fourth-order valence-corrected chi connectivity index (χ4v) is 5.16. The Balaban J connectivity index is 1.92. The first-order valence-electron chi connectivity index (χ1n) is 8.02. The van der Waals surface area contributed by atoms with Gasteiger partial charge in [-0.2, -0.15) is 0 Å². The van der Waals surface area contributed by atoms with Crippen molar-refractivity contribution in [2.45, 2.75) is 26.3 Å². The lowest BCUT2D eigenvalue weighted by atomic mass is 10.1. The maximum Gasteiger partial charge on any atom is 0.255 e. The van der Waals surface area contributed by atoms with Crippen molar-refractivity contribution in [3.05, 3.63) is 53.3 Å². The summed E-state index contributed by atoms with van der Waals surface area (Å²) in [5, 5.41) is 0. The van der Waals surface area contributed by atoms with Gasteiger partial charge in [0.05, 0.1) is 17.1 Å². The molecule has 0 saturated carbocycles. The Morgan fingerprint density at radius 1 is 1.21 bits per heavy atom. The standard InChI is InChI=1S/C18H22N2O3S/c1-13-11-17(14(2)20(13)15-7-5-4-6-8-15)18(21)19(3)16-9-10-24(22,23)12-16/h4-8,11,16H,9-10,12H2,1-3H3. The highest BCUT2D eigenvalue weighted by Gasteiger charge is 2.34. The third-order valence-corrected chi connectivity index (χ3v) is 6.50. The third-order valence-electron chi connectivity index (χ3n) is 4.75. The van der Waals surface area contributed by atoms with E-state index in [2.05, 4.69) is 0 Å². The molecule has 1 saturated heterocycles. The van der Waals surface area contributed by atoms with Gasteiger partial charge in [-0.05, 0) is 38.5 Å². The second-order valence-corrected chi connectivity index (χ2v) is 8.66. The van der Waals surface area contributed by atoms with Crippen molar-refractivity contribution in [1.29, 1.82) is 0 Å². The summed E-state index contributed by atoms with van der Waals surface area (Å²) in [6, 6.07) is 11.5. The van der Waals surface area contributed by atoms with Crippen LogP contribution in [-0.2, 0) is 9.84 Å². The molecule has 24 heavy (non-hydrogen) atoms. The average molecular weight is 346 g/mol. The molecule has 1 amide bonds. The molecule has 1 aliphatic rings. The van der Waals surface area contributed by atoms with Gasteiger partial charge in [-0.1, -0.05) is 18.2 Å². The minimum atomic E-state index is -3.01. The predicted octanol–water partition coefficient (Wildman–Crippen LogP) is 2.35. The van der Waals surface area contributed by atoms with Gasteiger partial charge >= 0.3 is 0 Å². The normalized spacial score (nSPS) is 19.4. The van der Waals surface area contributed by atoms with Crippen LogP contribution < -0.4 is 0 Å². The van der Waals surface area contributed by atoms with Gasteiger partial charge in [0, 0.05) is 30.2 Å². The van der Waals surface area contributed by atoms with Gasteiger partial charge in [-0.25, -0.2) is 8.42 Å². The van der Waals surface area contributed by atoms with E-state index in [9.17, 15) is 13.2 Å². The van der Waals surface area contributed by atoms with E-state index in [1.54, 1.807) is 11.9 Å². The van der Waals surface area contributed by atoms with Crippen LogP contribution in [0.4, 0.5) is 0 Å². The highest BCUT2D eigenvalue weighted by atomic mass is 32.2. The largest absolute Gasteiger partial charge is 0.338 e. The zero-order valence-electron chi connectivity index (χ0n) is 14.2. The second kappa shape index (κ2) is 6.09. The molecular weight excluding hydrogens is 324 g/mol. The van der Waals surface area contributed by atoms with Crippen LogP contribution in [0.2, 0.25) is 0 Å². The van der Waals surface area contributed by atoms with Crippen molar-refractivity contribution >= 4 is 15.7 Å². The van der Waals surface area contributed by atoms with Gasteiger partial charge in [0.1, 0.15) is 0 Å². The van der Waals surface area contributed by atoms with Crippen LogP contribution >= 0.6 is 0 Å². The SMILES string of the molecule is Cc1cc(C(=O)N(C)C2CCS(=O)(=O)C2)c(C)n1-c1ccccc1. The van der Waals surface area contributed by atoms with Crippen molar-refractivity contribution in [2.24, 2.45) is 0 Å². The van der Waals surface area contributed by atoms with Gasteiger partial charge in [0.2, 0.25) is 0 Å². The minimum Gasteiger partial charge on any atom is -0.338 e. The number of rotatable bonds is 3. The molecule has 1 unspecified atom stereocenters. The first-order valence-corrected chi connectivity index (χ1v) is 9.84. The number of hydrogen-bond acceptors (Lipinski definition) is 3. The van der Waals surface area contributed by atoms with Crippen LogP contribution in [0.1, 0.15) is 28.2 Å². The Labute approximate surface area is 142 Å². The van der Waals surface area contributed by atoms with Crippen molar-refractivity contribution in [2.75, 3.05) is 18.6 Å². The summed E-state index contributed by atoms with van der Waals surface area (Å²) in [7, 11) is -1.31. The number of carbonyl (C=O) groups is 1. The summed E-state index contributed by atoms with van der Waals surface area (Å²) in [5.74, 6) is 0.109. The van der Waals surface area contributed by atoms with Gasteiger partial charge in [0.15, 0.2) is 9.84 Å². The van der Waals surface area contributed by atoms with E-state index < -0.39 is 9.84 Å². The van der Waals surface area contributed by atoms with Gasteiger partial charge < -0.3 is 9.47 Å². The van der Waals surface area contributed by atoms with Crippen molar-refractivity contribution in [1.82, 2.24) is 9.47 Å². The summed E-state index contributed by atoms with van der Waals surface area (Å²) in [5.41, 5.74) is 3.49. The van der Waals surface area contributed by atoms with Gasteiger partial charge in [-0.15, -0.1) is 0 Å². The summed E-state index contributed by atoms with van der Waals surface area (Å²) < 4.78 is 25.4. The van der Waals surface area contributed by atoms with Crippen molar-refractivity contribution in [3.8, 4) is 5.69 Å². The lowest BCUT2D eigenvalue weighted by Crippen LogP contribution is -2.38. The first-order chi connectivity index (χ1) is 11.3. The summed E-state index contributed by atoms with van der Waals surface area (Å²) >= 11 is 0. The van der Waals surface area contributed by atoms with E-state index in [1.165, 1.54) is 0 Å². The van der Waals surface area contributed by atoms with E-state index in [0.29, 0.717) is 12.0 Å². The Bertz CT molecular complexity index is 869. The average Bonchev–Trinajstić information content (AvgIpc) is 3.06. The maximum atomic E-state index is 12.9. The molecule has 6 heteroatoms. The molecule has 1 aromatic carbocycles. The Morgan fingerprint density at radius 2 is 1.88 bits per heavy atom. The van der Waals surface area contributed by atoms with Crippen LogP contribution in [0.3, 0.4) is 0 Å². The quantitative estimate of drug-likeness (QED) is 0.857. The van der Waals surface area contributed by atoms with Crippen LogP contribution in [0.25, 0.3) is 5.69 Å². The van der Waals surface area contributed by atoms with Crippen LogP contribution in [0, 0.1) is 13.8 Å². The highest BCUT2D eigenvalue weighted by Crippen LogP contribution is 2.24. The first kappa shape index (κ1) is 16.8. The number of carbonyl (C=O) groups excluding carboxylic acids is 1. The van der Waals surface area contributed by atoms with Gasteiger partial charge in [-0.3, -0.25) is 4.79 Å². The molecule has 2 aromatic rings. The van der Waals surface area contributed by atoms with E-state index in [4.69, 9.17) is 0 Å². The van der Waals surface area contributed by atoms with Crippen molar-refractivity contribution < 1.29 is 13.2 Å². The fraction of sp³-hybridized carbons (Fsp3) is 0.389. The number of amides is 1. The molecule has 2 heterocycles. The van der Waals surface area contributed by atoms with E-state index in [1.807, 2.05) is 54.8 Å². The molecule has 1 atom stereocenters. The van der Waals surface area contributed by atoms with E-state index in [-0.39, 0.29) is 23.5 Å². The molecule has 0 aliphatic carbocycles. The van der Waals surface area contributed by atoms with E-state index in [0.717, 1.165) is 17.1 Å². The topological polar surface area (TPSA) is 59.4 Å². The second-order valence-electron chi connectivity index (χ2n) is 6.43. The molecule has 0 bridgehead atoms. The number of nitrogens with zero attached hydrogens (tertiary/aromatic N) is 2. The highest BCUT2D eigenvalue weighted by molar-refractivity contribution is 7.91. The molecule has 0 spiro atoms. The van der Waals surface area contributed by atoms with Crippen LogP contribution in [-0.4, -0.2) is 48.4 Å². The summed E-state index contributed by atoms with van der Waals surface area (Å²) in [6.07, 6.45) is 0.516. The fourth-order valence-electron chi connectivity index (χ4n) is 3.39. The Kier molecular flexibility index (Phi) is 4.25. The number of para-hydroxylation sites is 1. The molecule has 3 rings (SSSR count). The summed E-state index contributed by atoms with van der Waals surface area (Å²) in [6.45, 7) is 3.89. The van der Waals surface area contributed by atoms with Gasteiger partial charge in [0.25, 0.3) is 5.91 Å². The molecule has 128 valence electrons. The number of benzene rings is 1. The lowest BCUT2D eigenvalue weighted by molar-refractivity contribution is 0.0747. The molecule has 1 aromatic heterocycles. The zero-order chi connectivity index (χ0) is 17.5. The van der Waals surface area contributed by atoms with E-state index >= 15 is 0 Å². The van der Waals surface area contributed by atoms with Crippen molar-refractivity contribution in [3.63, 3.8) is 0 Å². The zero-order valence-corrected chi connectivity index (χ0v) is 15.0. The molecule has 0 N–H and O–H groups in total. The summed E-state index contributed by atoms with van der Waals surface area (Å²) in [4.78, 5) is 14.5. The molecule has 0 radical (unpaired) electrons. The number of sulfone groups is 1. The molecule has 5 nitrogen and oxygen atoms in total. The number of hydrogen-bond donors (Lipinski definition) is 0. The maximum absolute atomic E-state index is 12.9. The minimum absolute atomic E-state index is 0.0622. The lowest BCUT2D eigenvalue weighted by Gasteiger charge is -2.23. The molecule has 1 aliphatic heterocycles. The monoisotopic (exact) mass is 346 g/mol. The third kappa shape index (κ3) is 2.98. The predicted molar refractivity (Wildman–Crippen MR) is 94.4 cm³/mol. The number of aromatic nitrogens is 1.